The Labute approximate surface area is 158 Å². The molecule has 0 bridgehead atoms. The van der Waals surface area contributed by atoms with Gasteiger partial charge in [0.1, 0.15) is 11.5 Å². The van der Waals surface area contributed by atoms with Gasteiger partial charge in [0, 0.05) is 11.9 Å². The van der Waals surface area contributed by atoms with Crippen molar-refractivity contribution in [3.8, 4) is 11.5 Å². The number of sulfone groups is 1. The number of ether oxygens (including phenoxy) is 1. The number of hydrogen-bond acceptors (Lipinski definition) is 6. The van der Waals surface area contributed by atoms with Crippen LogP contribution in [0.3, 0.4) is 0 Å². The van der Waals surface area contributed by atoms with Crippen molar-refractivity contribution in [2.75, 3.05) is 23.6 Å². The summed E-state index contributed by atoms with van der Waals surface area (Å²) in [6.07, 6.45) is 3.73. The summed E-state index contributed by atoms with van der Waals surface area (Å²) in [6, 6.07) is 12.5. The Balaban J connectivity index is 2.01. The molecule has 1 atom stereocenters. The lowest BCUT2D eigenvalue weighted by molar-refractivity contribution is -0.117. The molecule has 2 aromatic rings. The van der Waals surface area contributed by atoms with Crippen molar-refractivity contribution in [3.05, 3.63) is 48.5 Å². The number of thioether (sulfide) groups is 1. The number of nitrogens with one attached hydrogen (secondary N) is 1. The van der Waals surface area contributed by atoms with Gasteiger partial charge in [-0.25, -0.2) is 8.42 Å². The first kappa shape index (κ1) is 20.3. The molecule has 0 fully saturated rings. The van der Waals surface area contributed by atoms with E-state index >= 15 is 0 Å². The third-order valence-electron chi connectivity index (χ3n) is 3.56. The Morgan fingerprint density at radius 2 is 1.88 bits per heavy atom. The molecule has 0 aliphatic carbocycles. The average molecular weight is 395 g/mol. The molecule has 6 nitrogen and oxygen atoms in total. The largest absolute Gasteiger partial charge is 0.457 e. The van der Waals surface area contributed by atoms with Crippen LogP contribution in [0.15, 0.2) is 53.4 Å². The van der Waals surface area contributed by atoms with Gasteiger partial charge in [-0.1, -0.05) is 6.07 Å². The fourth-order valence-corrected chi connectivity index (χ4v) is 3.27. The van der Waals surface area contributed by atoms with Crippen LogP contribution in [0, 0.1) is 0 Å². The fraction of sp³-hybridized carbons (Fsp3) is 0.278. The quantitative estimate of drug-likeness (QED) is 0.714. The highest BCUT2D eigenvalue weighted by Crippen LogP contribution is 2.25. The maximum atomic E-state index is 12.0. The number of nitrogens with two attached hydrogens (primary N) is 1. The average Bonchev–Trinajstić information content (AvgIpc) is 2.60. The summed E-state index contributed by atoms with van der Waals surface area (Å²) in [4.78, 5) is 12.2. The topological polar surface area (TPSA) is 98.5 Å². The third-order valence-corrected chi connectivity index (χ3v) is 5.32. The maximum Gasteiger partial charge on any atom is 0.241 e. The molecule has 0 saturated carbocycles. The van der Waals surface area contributed by atoms with Crippen LogP contribution >= 0.6 is 11.8 Å². The Morgan fingerprint density at radius 1 is 1.19 bits per heavy atom. The van der Waals surface area contributed by atoms with Crippen molar-refractivity contribution >= 4 is 33.2 Å². The second-order valence-corrected chi connectivity index (χ2v) is 8.75. The van der Waals surface area contributed by atoms with Crippen LogP contribution < -0.4 is 15.8 Å². The number of hydrogen-bond donors (Lipinski definition) is 2. The number of amides is 1. The van der Waals surface area contributed by atoms with Crippen molar-refractivity contribution in [3.63, 3.8) is 0 Å². The Hall–Kier alpha value is -2.03. The SMILES string of the molecule is CSCC[C@H](N)C(=O)Nc1ccc(Oc2cccc(S(C)(=O)=O)c2)cc1. The van der Waals surface area contributed by atoms with Crippen LogP contribution in [-0.4, -0.2) is 38.6 Å². The molecule has 0 unspecified atom stereocenters. The number of anilines is 1. The fourth-order valence-electron chi connectivity index (χ4n) is 2.12. The molecule has 0 aliphatic rings. The van der Waals surface area contributed by atoms with Gasteiger partial charge in [0.05, 0.1) is 10.9 Å². The van der Waals surface area contributed by atoms with E-state index in [1.165, 1.54) is 12.1 Å². The van der Waals surface area contributed by atoms with Crippen LogP contribution in [0.2, 0.25) is 0 Å². The molecule has 26 heavy (non-hydrogen) atoms. The number of carbonyl (C=O) groups excluding carboxylic acids is 1. The predicted octanol–water partition coefficient (Wildman–Crippen LogP) is 2.90. The lowest BCUT2D eigenvalue weighted by Crippen LogP contribution is -2.36. The summed E-state index contributed by atoms with van der Waals surface area (Å²) in [5.74, 6) is 1.55. The first-order chi connectivity index (χ1) is 12.3. The highest BCUT2D eigenvalue weighted by Gasteiger charge is 2.13. The van der Waals surface area contributed by atoms with E-state index in [4.69, 9.17) is 10.5 Å². The summed E-state index contributed by atoms with van der Waals surface area (Å²) in [5.41, 5.74) is 6.45. The van der Waals surface area contributed by atoms with E-state index < -0.39 is 15.9 Å². The molecule has 1 amide bonds. The lowest BCUT2D eigenvalue weighted by Gasteiger charge is -2.12. The molecule has 2 rings (SSSR count). The zero-order chi connectivity index (χ0) is 19.2. The van der Waals surface area contributed by atoms with Gasteiger partial charge in [0.2, 0.25) is 5.91 Å². The minimum Gasteiger partial charge on any atom is -0.457 e. The normalized spacial score (nSPS) is 12.4. The Bertz CT molecular complexity index is 852. The van der Waals surface area contributed by atoms with Gasteiger partial charge in [0.15, 0.2) is 9.84 Å². The highest BCUT2D eigenvalue weighted by atomic mass is 32.2. The molecule has 140 valence electrons. The summed E-state index contributed by atoms with van der Waals surface area (Å²) in [7, 11) is -3.29. The van der Waals surface area contributed by atoms with Crippen molar-refractivity contribution < 1.29 is 17.9 Å². The second kappa shape index (κ2) is 9.07. The predicted molar refractivity (Wildman–Crippen MR) is 106 cm³/mol. The van der Waals surface area contributed by atoms with Crippen LogP contribution in [0.1, 0.15) is 6.42 Å². The molecular weight excluding hydrogens is 372 g/mol. The van der Waals surface area contributed by atoms with Gasteiger partial charge < -0.3 is 15.8 Å². The second-order valence-electron chi connectivity index (χ2n) is 5.75. The van der Waals surface area contributed by atoms with Crippen molar-refractivity contribution in [1.29, 1.82) is 0 Å². The van der Waals surface area contributed by atoms with Crippen molar-refractivity contribution in [2.24, 2.45) is 5.73 Å². The summed E-state index contributed by atoms with van der Waals surface area (Å²) < 4.78 is 28.9. The van der Waals surface area contributed by atoms with Gasteiger partial charge in [-0.15, -0.1) is 0 Å². The van der Waals surface area contributed by atoms with Gasteiger partial charge in [-0.2, -0.15) is 11.8 Å². The minimum absolute atomic E-state index is 0.193. The monoisotopic (exact) mass is 394 g/mol. The van der Waals surface area contributed by atoms with E-state index in [1.807, 2.05) is 6.26 Å². The molecule has 3 N–H and O–H groups in total. The van der Waals surface area contributed by atoms with Crippen LogP contribution in [0.25, 0.3) is 0 Å². The lowest BCUT2D eigenvalue weighted by atomic mass is 10.2. The van der Waals surface area contributed by atoms with Gasteiger partial charge >= 0.3 is 0 Å². The molecule has 0 radical (unpaired) electrons. The number of rotatable bonds is 8. The number of benzene rings is 2. The van der Waals surface area contributed by atoms with E-state index in [1.54, 1.807) is 48.2 Å². The van der Waals surface area contributed by atoms with Gasteiger partial charge in [-0.3, -0.25) is 4.79 Å². The van der Waals surface area contributed by atoms with Crippen LogP contribution in [0.5, 0.6) is 11.5 Å². The van der Waals surface area contributed by atoms with E-state index in [-0.39, 0.29) is 10.8 Å². The maximum absolute atomic E-state index is 12.0. The standard InChI is InChI=1S/C18H22N2O4S2/c1-25-11-10-17(19)18(21)20-13-6-8-14(9-7-13)24-15-4-3-5-16(12-15)26(2,22)23/h3-9,12,17H,10-11,19H2,1-2H3,(H,20,21)/t17-/m0/s1. The van der Waals surface area contributed by atoms with Crippen molar-refractivity contribution in [2.45, 2.75) is 17.4 Å². The van der Waals surface area contributed by atoms with Crippen molar-refractivity contribution in [1.82, 2.24) is 0 Å². The Kier molecular flexibility index (Phi) is 7.07. The first-order valence-corrected chi connectivity index (χ1v) is 11.2. The summed E-state index contributed by atoms with van der Waals surface area (Å²) in [5, 5.41) is 2.76. The number of carbonyl (C=O) groups is 1. The van der Waals surface area contributed by atoms with E-state index in [2.05, 4.69) is 5.32 Å². The zero-order valence-electron chi connectivity index (χ0n) is 14.6. The minimum atomic E-state index is -3.29. The molecular formula is C18H22N2O4S2. The molecule has 0 aliphatic heterocycles. The summed E-state index contributed by atoms with van der Waals surface area (Å²) >= 11 is 1.64. The van der Waals surface area contributed by atoms with Crippen LogP contribution in [0.4, 0.5) is 5.69 Å². The van der Waals surface area contributed by atoms with E-state index in [9.17, 15) is 13.2 Å². The van der Waals surface area contributed by atoms with Gasteiger partial charge in [0.25, 0.3) is 0 Å². The Morgan fingerprint density at radius 3 is 2.50 bits per heavy atom. The third kappa shape index (κ3) is 6.05. The molecule has 0 heterocycles. The zero-order valence-corrected chi connectivity index (χ0v) is 16.3. The van der Waals surface area contributed by atoms with Crippen LogP contribution in [-0.2, 0) is 14.6 Å². The van der Waals surface area contributed by atoms with E-state index in [0.717, 1.165) is 12.0 Å². The first-order valence-electron chi connectivity index (χ1n) is 7.93. The van der Waals surface area contributed by atoms with Gasteiger partial charge in [-0.05, 0) is 60.9 Å². The highest BCUT2D eigenvalue weighted by molar-refractivity contribution is 7.98. The smallest absolute Gasteiger partial charge is 0.241 e. The molecule has 2 aromatic carbocycles. The molecule has 0 aromatic heterocycles. The molecule has 0 spiro atoms. The van der Waals surface area contributed by atoms with E-state index in [0.29, 0.717) is 23.6 Å². The molecule has 8 heteroatoms. The molecule has 0 saturated heterocycles. The summed E-state index contributed by atoms with van der Waals surface area (Å²) in [6.45, 7) is 0.